The predicted octanol–water partition coefficient (Wildman–Crippen LogP) is 1.19. The summed E-state index contributed by atoms with van der Waals surface area (Å²) < 4.78 is 3.44. The topological polar surface area (TPSA) is 54.8 Å². The normalized spacial score (nSPS) is 12.6. The van der Waals surface area contributed by atoms with E-state index in [1.54, 1.807) is 4.68 Å². The van der Waals surface area contributed by atoms with E-state index in [-0.39, 0.29) is 29.5 Å². The van der Waals surface area contributed by atoms with Crippen LogP contribution in [-0.4, -0.2) is 35.6 Å². The van der Waals surface area contributed by atoms with E-state index < -0.39 is 5.60 Å². The zero-order valence-electron chi connectivity index (χ0n) is 24.2. The summed E-state index contributed by atoms with van der Waals surface area (Å²) in [4.78, 5) is 17.5. The first-order valence-corrected chi connectivity index (χ1v) is 13.6. The second kappa shape index (κ2) is 12.5. The monoisotopic (exact) mass is 660 g/mol. The molecule has 0 saturated carbocycles. The highest BCUT2D eigenvalue weighted by Gasteiger charge is 2.40. The number of rotatable bonds is 8. The number of quaternary nitrogens is 1. The fraction of sp³-hybridized carbons (Fsp3) is 0.206. The van der Waals surface area contributed by atoms with Crippen molar-refractivity contribution in [1.82, 2.24) is 9.36 Å². The second-order valence-corrected chi connectivity index (χ2v) is 10.6. The molecule has 0 aliphatic carbocycles. The third-order valence-corrected chi connectivity index (χ3v) is 7.78. The molecule has 2 N–H and O–H groups in total. The molecule has 0 saturated heterocycles. The zero-order chi connectivity index (χ0) is 28.4. The Hall–Kier alpha value is -3.66. The van der Waals surface area contributed by atoms with E-state index in [2.05, 4.69) is 38.2 Å². The number of para-hydroxylation sites is 1. The molecule has 1 atom stereocenters. The average Bonchev–Trinajstić information content (AvgIpc) is 3.21. The maximum Gasteiger partial charge on any atom is 0.278 e. The van der Waals surface area contributed by atoms with Crippen LogP contribution in [0.3, 0.4) is 0 Å². The molecule has 1 heterocycles. The molecule has 1 unspecified atom stereocenters. The highest BCUT2D eigenvalue weighted by molar-refractivity contribution is 5.55. The Balaban J connectivity index is 0.00000387. The number of aliphatic hydroxyl groups is 1. The molecule has 5 rings (SSSR count). The van der Waals surface area contributed by atoms with E-state index in [1.165, 1.54) is 10.5 Å². The lowest BCUT2D eigenvalue weighted by atomic mass is 9.80. The molecule has 0 spiro atoms. The summed E-state index contributed by atoms with van der Waals surface area (Å²) >= 11 is 0. The van der Waals surface area contributed by atoms with Gasteiger partial charge in [-0.1, -0.05) is 60.7 Å². The Morgan fingerprint density at radius 1 is 0.805 bits per heavy atom. The van der Waals surface area contributed by atoms with Gasteiger partial charge in [0, 0.05) is 32.0 Å². The number of halogens is 1. The van der Waals surface area contributed by atoms with Crippen LogP contribution in [0, 0.1) is 6.92 Å². The van der Waals surface area contributed by atoms with Crippen molar-refractivity contribution in [2.75, 3.05) is 26.0 Å². The molecule has 5 aromatic rings. The molecule has 212 valence electrons. The number of hydrogen-bond acceptors (Lipinski definition) is 3. The van der Waals surface area contributed by atoms with Crippen molar-refractivity contribution in [3.63, 3.8) is 0 Å². The Labute approximate surface area is 259 Å². The van der Waals surface area contributed by atoms with Crippen LogP contribution in [0.25, 0.3) is 5.69 Å². The summed E-state index contributed by atoms with van der Waals surface area (Å²) in [6.07, 6.45) is 0. The van der Waals surface area contributed by atoms with E-state index in [0.717, 1.165) is 23.6 Å². The molecule has 7 heteroatoms. The average molecular weight is 661 g/mol. The lowest BCUT2D eigenvalue weighted by molar-refractivity contribution is -0.786. The summed E-state index contributed by atoms with van der Waals surface area (Å²) in [7, 11) is 8.03. The van der Waals surface area contributed by atoms with E-state index in [9.17, 15) is 9.90 Å². The smallest absolute Gasteiger partial charge is 0.278 e. The van der Waals surface area contributed by atoms with Crippen LogP contribution < -0.4 is 39.3 Å². The number of benzene rings is 4. The Bertz CT molecular complexity index is 1640. The van der Waals surface area contributed by atoms with Crippen LogP contribution >= 0.6 is 0 Å². The summed E-state index contributed by atoms with van der Waals surface area (Å²) in [5.74, 6) is 0. The van der Waals surface area contributed by atoms with E-state index in [0.29, 0.717) is 22.4 Å². The number of nitrogens with zero attached hydrogens (tertiary/aromatic N) is 3. The van der Waals surface area contributed by atoms with Crippen molar-refractivity contribution in [2.45, 2.75) is 19.1 Å². The molecule has 0 aliphatic heterocycles. The quantitative estimate of drug-likeness (QED) is 0.246. The first kappa shape index (κ1) is 30.3. The van der Waals surface area contributed by atoms with Gasteiger partial charge in [-0.2, -0.15) is 0 Å². The highest BCUT2D eigenvalue weighted by atomic mass is 127. The maximum atomic E-state index is 14.1. The molecule has 6 nitrogen and oxygen atoms in total. The van der Waals surface area contributed by atoms with Gasteiger partial charge in [-0.25, -0.2) is 4.68 Å². The summed E-state index contributed by atoms with van der Waals surface area (Å²) in [6, 6.07) is 35.6. The number of nitrogens with one attached hydrogen (secondary N) is 1. The van der Waals surface area contributed by atoms with Gasteiger partial charge in [-0.05, 0) is 72.1 Å². The van der Waals surface area contributed by atoms with Crippen molar-refractivity contribution in [3.8, 4) is 5.69 Å². The zero-order valence-corrected chi connectivity index (χ0v) is 26.3. The van der Waals surface area contributed by atoms with E-state index >= 15 is 0 Å². The third kappa shape index (κ3) is 5.75. The summed E-state index contributed by atoms with van der Waals surface area (Å²) in [5.41, 5.74) is 4.50. The van der Waals surface area contributed by atoms with Crippen LogP contribution in [-0.2, 0) is 19.2 Å². The van der Waals surface area contributed by atoms with Gasteiger partial charge >= 0.3 is 0 Å². The van der Waals surface area contributed by atoms with Crippen molar-refractivity contribution in [2.24, 2.45) is 7.05 Å². The first-order valence-electron chi connectivity index (χ1n) is 13.6. The number of hydrogen-bond donors (Lipinski definition) is 2. The minimum Gasteiger partial charge on any atom is -1.00 e. The molecule has 0 aliphatic rings. The van der Waals surface area contributed by atoms with Crippen molar-refractivity contribution < 1.29 is 34.0 Å². The molecular formula is C34H37IN4O2. The molecule has 4 aromatic carbocycles. The van der Waals surface area contributed by atoms with Gasteiger partial charge in [-0.15, -0.1) is 0 Å². The predicted molar refractivity (Wildman–Crippen MR) is 162 cm³/mol. The summed E-state index contributed by atoms with van der Waals surface area (Å²) in [6.45, 7) is 2.65. The largest absolute Gasteiger partial charge is 1.00 e. The molecule has 0 amide bonds. The standard InChI is InChI=1S/C34H36N4O2.HI/c1-25-32(33(39)38(37(25)5)31-14-10-7-11-15-31)34(40,27-16-20-29(21-17-27)35(2)3)28-18-22-30(23-19-28)36(4)24-26-12-8-6-9-13-26;/h6-23,40H,24H2,1-5H3;1H. The second-order valence-electron chi connectivity index (χ2n) is 10.6. The lowest BCUT2D eigenvalue weighted by Crippen LogP contribution is -3.00. The van der Waals surface area contributed by atoms with Crippen molar-refractivity contribution in [3.05, 3.63) is 147 Å². The van der Waals surface area contributed by atoms with Gasteiger partial charge in [0.1, 0.15) is 11.3 Å². The van der Waals surface area contributed by atoms with Gasteiger partial charge < -0.3 is 38.9 Å². The van der Waals surface area contributed by atoms with Gasteiger partial charge in [0.25, 0.3) is 5.56 Å². The fourth-order valence-electron chi connectivity index (χ4n) is 5.39. The van der Waals surface area contributed by atoms with Gasteiger partial charge in [0.2, 0.25) is 0 Å². The Morgan fingerprint density at radius 3 is 1.85 bits per heavy atom. The molecule has 0 radical (unpaired) electrons. The van der Waals surface area contributed by atoms with Gasteiger partial charge in [0.05, 0.1) is 25.3 Å². The fourth-order valence-corrected chi connectivity index (χ4v) is 5.39. The Kier molecular flexibility index (Phi) is 9.21. The molecule has 1 aromatic heterocycles. The maximum absolute atomic E-state index is 14.1. The minimum atomic E-state index is -1.66. The number of anilines is 1. The van der Waals surface area contributed by atoms with Crippen molar-refractivity contribution in [1.29, 1.82) is 0 Å². The number of aromatic nitrogens is 2. The van der Waals surface area contributed by atoms with Crippen LogP contribution in [0.5, 0.6) is 0 Å². The van der Waals surface area contributed by atoms with E-state index in [1.807, 2.05) is 116 Å². The third-order valence-electron chi connectivity index (χ3n) is 7.78. The molecular weight excluding hydrogens is 623 g/mol. The van der Waals surface area contributed by atoms with E-state index in [4.69, 9.17) is 0 Å². The molecule has 41 heavy (non-hydrogen) atoms. The Morgan fingerprint density at radius 2 is 1.32 bits per heavy atom. The van der Waals surface area contributed by atoms with Crippen LogP contribution in [0.15, 0.2) is 114 Å². The SMILES string of the molecule is Cc1c(C(O)(c2ccc(N(C)Cc3ccccc3)cc2)c2ccc([NH+](C)C)cc2)c(=O)n(-c2ccccc2)n1C.[I-]. The first-order chi connectivity index (χ1) is 19.2. The summed E-state index contributed by atoms with van der Waals surface area (Å²) in [5, 5.41) is 12.7. The molecule has 0 bridgehead atoms. The van der Waals surface area contributed by atoms with Crippen LogP contribution in [0.4, 0.5) is 11.4 Å². The van der Waals surface area contributed by atoms with Crippen LogP contribution in [0.2, 0.25) is 0 Å². The van der Waals surface area contributed by atoms with Gasteiger partial charge in [-0.3, -0.25) is 9.48 Å². The molecule has 0 fully saturated rings. The minimum absolute atomic E-state index is 0. The lowest BCUT2D eigenvalue weighted by Gasteiger charge is -2.30. The van der Waals surface area contributed by atoms with Crippen LogP contribution in [0.1, 0.15) is 27.9 Å². The van der Waals surface area contributed by atoms with Crippen molar-refractivity contribution >= 4 is 11.4 Å². The highest BCUT2D eigenvalue weighted by Crippen LogP contribution is 2.38. The van der Waals surface area contributed by atoms with Gasteiger partial charge in [0.15, 0.2) is 0 Å².